The van der Waals surface area contributed by atoms with Crippen LogP contribution in [0, 0.1) is 0 Å². The molecule has 1 atom stereocenters. The molecule has 0 bridgehead atoms. The van der Waals surface area contributed by atoms with Gasteiger partial charge in [-0.3, -0.25) is 0 Å². The van der Waals surface area contributed by atoms with Gasteiger partial charge >= 0.3 is 0 Å². The number of hydrogen-bond acceptors (Lipinski definition) is 4. The van der Waals surface area contributed by atoms with Crippen LogP contribution in [0.25, 0.3) is 0 Å². The Hall–Kier alpha value is -2.07. The number of phenolic OH excluding ortho intramolecular Hbond substituents is 1. The molecule has 2 aromatic rings. The molecule has 1 unspecified atom stereocenters. The van der Waals surface area contributed by atoms with Crippen LogP contribution in [-0.4, -0.2) is 11.9 Å². The summed E-state index contributed by atoms with van der Waals surface area (Å²) in [6, 6.07) is 9.42. The second-order valence-electron chi connectivity index (χ2n) is 5.27. The first kappa shape index (κ1) is 12.7. The van der Waals surface area contributed by atoms with Crippen molar-refractivity contribution in [3.05, 3.63) is 46.5 Å². The summed E-state index contributed by atoms with van der Waals surface area (Å²) in [5.41, 5.74) is 2.97. The lowest BCUT2D eigenvalue weighted by molar-refractivity contribution is 0.174. The molecule has 0 saturated carbocycles. The summed E-state index contributed by atoms with van der Waals surface area (Å²) in [4.78, 5) is 0. The number of fused-ring (bicyclic) bond motifs is 2. The Morgan fingerprint density at radius 3 is 2.86 bits per heavy atom. The van der Waals surface area contributed by atoms with Gasteiger partial charge in [0.2, 0.25) is 6.79 Å². The van der Waals surface area contributed by atoms with Gasteiger partial charge in [-0.1, -0.05) is 23.7 Å². The third kappa shape index (κ3) is 2.07. The van der Waals surface area contributed by atoms with E-state index in [1.807, 2.05) is 18.2 Å². The second-order valence-corrected chi connectivity index (χ2v) is 5.67. The average Bonchev–Trinajstić information content (AvgIpc) is 3.07. The van der Waals surface area contributed by atoms with Crippen LogP contribution in [0.3, 0.4) is 0 Å². The van der Waals surface area contributed by atoms with Gasteiger partial charge in [-0.2, -0.15) is 0 Å². The molecule has 0 amide bonds. The van der Waals surface area contributed by atoms with Crippen molar-refractivity contribution in [3.63, 3.8) is 0 Å². The van der Waals surface area contributed by atoms with E-state index in [-0.39, 0.29) is 12.8 Å². The Morgan fingerprint density at radius 1 is 1.19 bits per heavy atom. The van der Waals surface area contributed by atoms with Crippen LogP contribution < -0.4 is 14.8 Å². The van der Waals surface area contributed by atoms with Gasteiger partial charge in [0.15, 0.2) is 11.5 Å². The van der Waals surface area contributed by atoms with Crippen molar-refractivity contribution in [3.8, 4) is 17.2 Å². The Morgan fingerprint density at radius 2 is 2.00 bits per heavy atom. The molecule has 108 valence electrons. The molecule has 4 rings (SSSR count). The van der Waals surface area contributed by atoms with E-state index < -0.39 is 0 Å². The van der Waals surface area contributed by atoms with Crippen LogP contribution >= 0.6 is 11.6 Å². The standard InChI is InChI=1S/C16H14ClNO3/c17-11-6-15-16(21-8-20-15)7-13(11)18-12-5-4-10-9(12)2-1-3-14(10)19/h1-3,6-7,12,18-19H,4-5,8H2. The van der Waals surface area contributed by atoms with Crippen LogP contribution in [0.1, 0.15) is 23.6 Å². The van der Waals surface area contributed by atoms with Gasteiger partial charge in [0.05, 0.1) is 16.8 Å². The number of ether oxygens (including phenoxy) is 2. The first-order valence-electron chi connectivity index (χ1n) is 6.89. The molecule has 2 aliphatic rings. The van der Waals surface area contributed by atoms with Crippen molar-refractivity contribution < 1.29 is 14.6 Å². The van der Waals surface area contributed by atoms with E-state index in [0.717, 1.165) is 29.7 Å². The zero-order chi connectivity index (χ0) is 14.4. The van der Waals surface area contributed by atoms with Gasteiger partial charge in [-0.05, 0) is 30.0 Å². The number of rotatable bonds is 2. The number of aromatic hydroxyl groups is 1. The van der Waals surface area contributed by atoms with Crippen LogP contribution in [0.15, 0.2) is 30.3 Å². The van der Waals surface area contributed by atoms with Crippen molar-refractivity contribution in [1.29, 1.82) is 0 Å². The fraction of sp³-hybridized carbons (Fsp3) is 0.250. The van der Waals surface area contributed by atoms with Crippen LogP contribution in [-0.2, 0) is 6.42 Å². The van der Waals surface area contributed by atoms with Gasteiger partial charge in [0.1, 0.15) is 5.75 Å². The molecule has 21 heavy (non-hydrogen) atoms. The minimum Gasteiger partial charge on any atom is -0.508 e. The molecule has 0 aromatic heterocycles. The predicted molar refractivity (Wildman–Crippen MR) is 80.4 cm³/mol. The van der Waals surface area contributed by atoms with Crippen LogP contribution in [0.4, 0.5) is 5.69 Å². The van der Waals surface area contributed by atoms with E-state index in [9.17, 15) is 5.11 Å². The third-order valence-electron chi connectivity index (χ3n) is 4.04. The smallest absolute Gasteiger partial charge is 0.231 e. The highest BCUT2D eigenvalue weighted by atomic mass is 35.5. The maximum Gasteiger partial charge on any atom is 0.231 e. The first-order valence-corrected chi connectivity index (χ1v) is 7.26. The monoisotopic (exact) mass is 303 g/mol. The maximum absolute atomic E-state index is 9.91. The Labute approximate surface area is 127 Å². The molecule has 0 saturated heterocycles. The molecule has 0 spiro atoms. The molecular formula is C16H14ClNO3. The van der Waals surface area contributed by atoms with E-state index in [4.69, 9.17) is 21.1 Å². The topological polar surface area (TPSA) is 50.7 Å². The lowest BCUT2D eigenvalue weighted by Crippen LogP contribution is -2.07. The van der Waals surface area contributed by atoms with E-state index >= 15 is 0 Å². The molecule has 2 N–H and O–H groups in total. The Bertz CT molecular complexity index is 717. The van der Waals surface area contributed by atoms with Gasteiger partial charge in [0, 0.05) is 12.1 Å². The van der Waals surface area contributed by atoms with Crippen LogP contribution in [0.5, 0.6) is 17.2 Å². The molecule has 2 aromatic carbocycles. The summed E-state index contributed by atoms with van der Waals surface area (Å²) in [6.45, 7) is 0.231. The molecule has 1 heterocycles. The fourth-order valence-corrected chi connectivity index (χ4v) is 3.21. The Balaban J connectivity index is 1.65. The van der Waals surface area contributed by atoms with Gasteiger partial charge in [0.25, 0.3) is 0 Å². The zero-order valence-corrected chi connectivity index (χ0v) is 12.0. The third-order valence-corrected chi connectivity index (χ3v) is 4.35. The highest BCUT2D eigenvalue weighted by Crippen LogP contribution is 2.43. The van der Waals surface area contributed by atoms with Crippen molar-refractivity contribution >= 4 is 17.3 Å². The number of nitrogens with one attached hydrogen (secondary N) is 1. The minimum atomic E-state index is 0.143. The summed E-state index contributed by atoms with van der Waals surface area (Å²) in [5.74, 6) is 1.75. The van der Waals surface area contributed by atoms with E-state index in [1.54, 1.807) is 12.1 Å². The molecule has 4 nitrogen and oxygen atoms in total. The van der Waals surface area contributed by atoms with Crippen molar-refractivity contribution in [2.24, 2.45) is 0 Å². The quantitative estimate of drug-likeness (QED) is 0.884. The normalized spacial score (nSPS) is 18.6. The van der Waals surface area contributed by atoms with E-state index in [2.05, 4.69) is 5.32 Å². The molecule has 0 fully saturated rings. The molecule has 5 heteroatoms. The minimum absolute atomic E-state index is 0.143. The average molecular weight is 304 g/mol. The maximum atomic E-state index is 9.91. The summed E-state index contributed by atoms with van der Waals surface area (Å²) in [7, 11) is 0. The zero-order valence-electron chi connectivity index (χ0n) is 11.2. The summed E-state index contributed by atoms with van der Waals surface area (Å²) < 4.78 is 10.7. The molecule has 0 radical (unpaired) electrons. The number of anilines is 1. The molecular weight excluding hydrogens is 290 g/mol. The van der Waals surface area contributed by atoms with E-state index in [1.165, 1.54) is 0 Å². The molecule has 1 aliphatic heterocycles. The summed E-state index contributed by atoms with van der Waals surface area (Å²) in [6.07, 6.45) is 1.79. The largest absolute Gasteiger partial charge is 0.508 e. The summed E-state index contributed by atoms with van der Waals surface area (Å²) >= 11 is 6.30. The highest BCUT2D eigenvalue weighted by Gasteiger charge is 2.26. The van der Waals surface area contributed by atoms with Gasteiger partial charge < -0.3 is 19.9 Å². The first-order chi connectivity index (χ1) is 10.2. The van der Waals surface area contributed by atoms with Crippen molar-refractivity contribution in [1.82, 2.24) is 0 Å². The summed E-state index contributed by atoms with van der Waals surface area (Å²) in [5, 5.41) is 14.0. The van der Waals surface area contributed by atoms with Gasteiger partial charge in [-0.15, -0.1) is 0 Å². The number of halogens is 1. The Kier molecular flexibility index (Phi) is 2.86. The SMILES string of the molecule is Oc1cccc2c1CCC2Nc1cc2c(cc1Cl)OCO2. The number of benzene rings is 2. The number of hydrogen-bond donors (Lipinski definition) is 2. The lowest BCUT2D eigenvalue weighted by Gasteiger charge is -2.17. The fourth-order valence-electron chi connectivity index (χ4n) is 3.00. The van der Waals surface area contributed by atoms with E-state index in [0.29, 0.717) is 22.3 Å². The lowest BCUT2D eigenvalue weighted by atomic mass is 10.1. The molecule has 1 aliphatic carbocycles. The highest BCUT2D eigenvalue weighted by molar-refractivity contribution is 6.33. The number of phenols is 1. The predicted octanol–water partition coefficient (Wildman–Crippen LogP) is 3.87. The van der Waals surface area contributed by atoms with Crippen LogP contribution in [0.2, 0.25) is 5.02 Å². The van der Waals surface area contributed by atoms with Crippen molar-refractivity contribution in [2.45, 2.75) is 18.9 Å². The van der Waals surface area contributed by atoms with Gasteiger partial charge in [-0.25, -0.2) is 0 Å². The van der Waals surface area contributed by atoms with Crippen molar-refractivity contribution in [2.75, 3.05) is 12.1 Å². The second kappa shape index (κ2) is 4.74.